The zero-order valence-electron chi connectivity index (χ0n) is 15.5. The Morgan fingerprint density at radius 1 is 1.11 bits per heavy atom. The van der Waals surface area contributed by atoms with Gasteiger partial charge in [-0.3, -0.25) is 9.20 Å². The summed E-state index contributed by atoms with van der Waals surface area (Å²) in [5, 5.41) is 10.3. The topological polar surface area (TPSA) is 104 Å². The molecule has 9 nitrogen and oxygen atoms in total. The number of carbonyl (C=O) groups is 2. The molecular weight excluding hydrogens is 364 g/mol. The molecule has 3 aromatic rings. The number of nitrogens with one attached hydrogen (secondary N) is 1. The van der Waals surface area contributed by atoms with Gasteiger partial charge >= 0.3 is 5.97 Å². The highest BCUT2D eigenvalue weighted by Crippen LogP contribution is 2.29. The van der Waals surface area contributed by atoms with E-state index in [2.05, 4.69) is 15.5 Å². The number of hydrogen-bond donors (Lipinski definition) is 1. The van der Waals surface area contributed by atoms with Gasteiger partial charge in [-0.05, 0) is 38.1 Å². The SMILES string of the molecule is CCOc1ccc(OCC)c(NC(=O)COC(=O)c2ccc3nncn3c2)c1. The molecule has 2 heterocycles. The van der Waals surface area contributed by atoms with Crippen LogP contribution in [0, 0.1) is 0 Å². The van der Waals surface area contributed by atoms with E-state index in [4.69, 9.17) is 14.2 Å². The number of nitrogens with zero attached hydrogens (tertiary/aromatic N) is 3. The van der Waals surface area contributed by atoms with Crippen LogP contribution in [0.25, 0.3) is 5.65 Å². The fourth-order valence-corrected chi connectivity index (χ4v) is 2.49. The average molecular weight is 384 g/mol. The number of carbonyl (C=O) groups excluding carboxylic acids is 2. The molecule has 2 aromatic heterocycles. The molecule has 0 aliphatic carbocycles. The zero-order chi connectivity index (χ0) is 19.9. The first-order valence-corrected chi connectivity index (χ1v) is 8.76. The van der Waals surface area contributed by atoms with E-state index < -0.39 is 18.5 Å². The average Bonchev–Trinajstić information content (AvgIpc) is 3.16. The van der Waals surface area contributed by atoms with E-state index in [9.17, 15) is 9.59 Å². The third-order valence-electron chi connectivity index (χ3n) is 3.70. The van der Waals surface area contributed by atoms with Gasteiger partial charge in [0.15, 0.2) is 12.3 Å². The van der Waals surface area contributed by atoms with Crippen molar-refractivity contribution in [3.8, 4) is 11.5 Å². The van der Waals surface area contributed by atoms with Gasteiger partial charge < -0.3 is 19.5 Å². The molecule has 146 valence electrons. The summed E-state index contributed by atoms with van der Waals surface area (Å²) in [6, 6.07) is 8.32. The predicted octanol–water partition coefficient (Wildman–Crippen LogP) is 2.32. The maximum absolute atomic E-state index is 12.2. The summed E-state index contributed by atoms with van der Waals surface area (Å²) in [5.41, 5.74) is 1.33. The smallest absolute Gasteiger partial charge is 0.340 e. The number of ether oxygens (including phenoxy) is 3. The van der Waals surface area contributed by atoms with Crippen LogP contribution in [0.4, 0.5) is 5.69 Å². The van der Waals surface area contributed by atoms with Crippen LogP contribution in [0.2, 0.25) is 0 Å². The van der Waals surface area contributed by atoms with Gasteiger partial charge in [0.2, 0.25) is 0 Å². The lowest BCUT2D eigenvalue weighted by Crippen LogP contribution is -2.21. The number of esters is 1. The van der Waals surface area contributed by atoms with Gasteiger partial charge in [0.05, 0.1) is 24.5 Å². The molecule has 1 N–H and O–H groups in total. The molecule has 0 fully saturated rings. The zero-order valence-corrected chi connectivity index (χ0v) is 15.5. The summed E-state index contributed by atoms with van der Waals surface area (Å²) in [6.07, 6.45) is 3.01. The van der Waals surface area contributed by atoms with Gasteiger partial charge in [0.1, 0.15) is 17.8 Å². The number of aromatic nitrogens is 3. The predicted molar refractivity (Wildman–Crippen MR) is 101 cm³/mol. The van der Waals surface area contributed by atoms with E-state index in [0.717, 1.165) is 0 Å². The number of amides is 1. The fourth-order valence-electron chi connectivity index (χ4n) is 2.49. The second-order valence-electron chi connectivity index (χ2n) is 5.66. The van der Waals surface area contributed by atoms with Crippen molar-refractivity contribution in [3.05, 3.63) is 48.4 Å². The van der Waals surface area contributed by atoms with Crippen molar-refractivity contribution >= 4 is 23.2 Å². The van der Waals surface area contributed by atoms with Crippen molar-refractivity contribution in [1.29, 1.82) is 0 Å². The number of fused-ring (bicyclic) bond motifs is 1. The van der Waals surface area contributed by atoms with Crippen LogP contribution in [0.5, 0.6) is 11.5 Å². The summed E-state index contributed by atoms with van der Waals surface area (Å²) in [6.45, 7) is 4.21. The Kier molecular flexibility index (Phi) is 6.05. The summed E-state index contributed by atoms with van der Waals surface area (Å²) >= 11 is 0. The van der Waals surface area contributed by atoms with Crippen LogP contribution < -0.4 is 14.8 Å². The maximum atomic E-state index is 12.2. The van der Waals surface area contributed by atoms with Crippen LogP contribution in [0.1, 0.15) is 24.2 Å². The molecule has 0 radical (unpaired) electrons. The molecule has 9 heteroatoms. The van der Waals surface area contributed by atoms with E-state index in [1.54, 1.807) is 34.7 Å². The Hall–Kier alpha value is -3.62. The standard InChI is InChI=1S/C19H20N4O5/c1-3-26-14-6-7-16(27-4-2)15(9-14)21-18(24)11-28-19(25)13-5-8-17-22-20-12-23(17)10-13/h5-10,12H,3-4,11H2,1-2H3,(H,21,24). The second kappa shape index (κ2) is 8.85. The third kappa shape index (κ3) is 4.56. The fraction of sp³-hybridized carbons (Fsp3) is 0.263. The van der Waals surface area contributed by atoms with E-state index >= 15 is 0 Å². The third-order valence-corrected chi connectivity index (χ3v) is 3.70. The minimum absolute atomic E-state index is 0.286. The van der Waals surface area contributed by atoms with Gasteiger partial charge in [-0.2, -0.15) is 0 Å². The van der Waals surface area contributed by atoms with E-state index in [1.807, 2.05) is 13.8 Å². The molecule has 0 saturated heterocycles. The number of anilines is 1. The molecule has 3 rings (SSSR count). The van der Waals surface area contributed by atoms with Crippen molar-refractivity contribution in [2.75, 3.05) is 25.1 Å². The molecule has 28 heavy (non-hydrogen) atoms. The molecule has 0 aliphatic heterocycles. The minimum atomic E-state index is -0.626. The lowest BCUT2D eigenvalue weighted by Gasteiger charge is -2.13. The molecule has 0 bridgehead atoms. The van der Waals surface area contributed by atoms with Gasteiger partial charge in [0.25, 0.3) is 5.91 Å². The molecule has 0 unspecified atom stereocenters. The minimum Gasteiger partial charge on any atom is -0.494 e. The Labute approximate surface area is 161 Å². The number of hydrogen-bond acceptors (Lipinski definition) is 7. The first-order chi connectivity index (χ1) is 13.6. The summed E-state index contributed by atoms with van der Waals surface area (Å²) in [4.78, 5) is 24.4. The molecule has 0 atom stereocenters. The number of pyridine rings is 1. The highest BCUT2D eigenvalue weighted by molar-refractivity contribution is 5.96. The number of benzene rings is 1. The van der Waals surface area contributed by atoms with Crippen LogP contribution >= 0.6 is 0 Å². The molecular formula is C19H20N4O5. The Bertz CT molecular complexity index is 985. The highest BCUT2D eigenvalue weighted by atomic mass is 16.5. The summed E-state index contributed by atoms with van der Waals surface area (Å²) < 4.78 is 17.6. The van der Waals surface area contributed by atoms with Crippen LogP contribution in [-0.4, -0.2) is 46.3 Å². The quantitative estimate of drug-likeness (QED) is 0.594. The van der Waals surface area contributed by atoms with Crippen molar-refractivity contribution in [1.82, 2.24) is 14.6 Å². The maximum Gasteiger partial charge on any atom is 0.340 e. The highest BCUT2D eigenvalue weighted by Gasteiger charge is 2.14. The van der Waals surface area contributed by atoms with E-state index in [0.29, 0.717) is 36.0 Å². The van der Waals surface area contributed by atoms with Gasteiger partial charge in [0, 0.05) is 12.3 Å². The van der Waals surface area contributed by atoms with Crippen LogP contribution in [0.3, 0.4) is 0 Å². The molecule has 0 spiro atoms. The Balaban J connectivity index is 1.63. The van der Waals surface area contributed by atoms with Crippen molar-refractivity contribution in [3.63, 3.8) is 0 Å². The van der Waals surface area contributed by atoms with Gasteiger partial charge in [-0.25, -0.2) is 4.79 Å². The van der Waals surface area contributed by atoms with E-state index in [1.165, 1.54) is 12.5 Å². The first kappa shape index (κ1) is 19.2. The van der Waals surface area contributed by atoms with Crippen molar-refractivity contribution in [2.24, 2.45) is 0 Å². The monoisotopic (exact) mass is 384 g/mol. The van der Waals surface area contributed by atoms with E-state index in [-0.39, 0.29) is 5.56 Å². The normalized spacial score (nSPS) is 10.5. The first-order valence-electron chi connectivity index (χ1n) is 8.76. The van der Waals surface area contributed by atoms with Crippen LogP contribution in [-0.2, 0) is 9.53 Å². The molecule has 0 saturated carbocycles. The van der Waals surface area contributed by atoms with Crippen molar-refractivity contribution in [2.45, 2.75) is 13.8 Å². The molecule has 1 aromatic carbocycles. The number of rotatable bonds is 8. The van der Waals surface area contributed by atoms with Crippen LogP contribution in [0.15, 0.2) is 42.9 Å². The lowest BCUT2D eigenvalue weighted by molar-refractivity contribution is -0.119. The largest absolute Gasteiger partial charge is 0.494 e. The Morgan fingerprint density at radius 3 is 2.71 bits per heavy atom. The lowest BCUT2D eigenvalue weighted by atomic mass is 10.2. The summed E-state index contributed by atoms with van der Waals surface area (Å²) in [5.74, 6) is -0.0173. The second-order valence-corrected chi connectivity index (χ2v) is 5.66. The van der Waals surface area contributed by atoms with Crippen molar-refractivity contribution < 1.29 is 23.8 Å². The molecule has 0 aliphatic rings. The Morgan fingerprint density at radius 2 is 1.93 bits per heavy atom. The van der Waals surface area contributed by atoms with Gasteiger partial charge in [-0.1, -0.05) is 0 Å². The summed E-state index contributed by atoms with van der Waals surface area (Å²) in [7, 11) is 0. The molecule has 1 amide bonds. The van der Waals surface area contributed by atoms with Gasteiger partial charge in [-0.15, -0.1) is 10.2 Å².